The standard InChI is InChI=1S/C38H63N3O6/c1-3-5-24-44-28-35(21-16-30-10-8-7-9-11-30)46-37(42)39-33-17-12-31(13-18-33)26-32-14-19-34(20-15-32)40-38(43)47-36(27-41-22-23-41)29-45-25-6-4-2/h7-11,31-36H,3-6,12-29H2,1-2H3,(H,39,42)(H,40,43). The molecule has 2 amide bonds. The Morgan fingerprint density at radius 1 is 0.745 bits per heavy atom. The number of alkyl carbamates (subject to hydrolysis) is 2. The van der Waals surface area contributed by atoms with Crippen LogP contribution in [0.5, 0.6) is 0 Å². The van der Waals surface area contributed by atoms with Crippen molar-refractivity contribution in [2.45, 2.75) is 134 Å². The van der Waals surface area contributed by atoms with Crippen molar-refractivity contribution in [3.8, 4) is 0 Å². The normalized spacial score (nSPS) is 24.2. The summed E-state index contributed by atoms with van der Waals surface area (Å²) in [5.74, 6) is 1.42. The smallest absolute Gasteiger partial charge is 0.407 e. The van der Waals surface area contributed by atoms with Gasteiger partial charge in [0.1, 0.15) is 12.2 Å². The van der Waals surface area contributed by atoms with Gasteiger partial charge >= 0.3 is 12.2 Å². The summed E-state index contributed by atoms with van der Waals surface area (Å²) < 4.78 is 23.3. The Labute approximate surface area is 284 Å². The van der Waals surface area contributed by atoms with Crippen LogP contribution in [0.2, 0.25) is 0 Å². The molecule has 1 aromatic rings. The molecule has 0 spiro atoms. The third-order valence-electron chi connectivity index (χ3n) is 10.0. The molecule has 1 saturated heterocycles. The second kappa shape index (κ2) is 21.6. The molecule has 2 unspecified atom stereocenters. The molecule has 1 aliphatic heterocycles. The van der Waals surface area contributed by atoms with Crippen LogP contribution in [-0.4, -0.2) is 87.4 Å². The summed E-state index contributed by atoms with van der Waals surface area (Å²) in [6.45, 7) is 9.55. The average Bonchev–Trinajstić information content (AvgIpc) is 3.90. The summed E-state index contributed by atoms with van der Waals surface area (Å²) >= 11 is 0. The number of rotatable bonds is 21. The third-order valence-corrected chi connectivity index (χ3v) is 10.0. The average molecular weight is 658 g/mol. The molecule has 1 heterocycles. The fraction of sp³-hybridized carbons (Fsp3) is 0.789. The number of amides is 2. The van der Waals surface area contributed by atoms with E-state index in [-0.39, 0.29) is 36.5 Å². The van der Waals surface area contributed by atoms with Crippen molar-refractivity contribution >= 4 is 12.2 Å². The van der Waals surface area contributed by atoms with Gasteiger partial charge in [-0.1, -0.05) is 57.0 Å². The van der Waals surface area contributed by atoms with Crippen LogP contribution in [0.4, 0.5) is 9.59 Å². The predicted octanol–water partition coefficient (Wildman–Crippen LogP) is 7.27. The lowest BCUT2D eigenvalue weighted by atomic mass is 9.76. The Kier molecular flexibility index (Phi) is 17.2. The van der Waals surface area contributed by atoms with Gasteiger partial charge in [0.05, 0.1) is 13.2 Å². The Bertz CT molecular complexity index is 992. The SMILES string of the molecule is CCCCOCC(CCc1ccccc1)OC(=O)NC1CCC(CC2CCC(NC(=O)OC(COCCCC)CN3CC3)CC2)CC1. The zero-order valence-corrected chi connectivity index (χ0v) is 29.3. The first-order valence-corrected chi connectivity index (χ1v) is 18.9. The first-order valence-electron chi connectivity index (χ1n) is 18.9. The van der Waals surface area contributed by atoms with Gasteiger partial charge in [0.2, 0.25) is 0 Å². The maximum atomic E-state index is 12.9. The Morgan fingerprint density at radius 3 is 1.77 bits per heavy atom. The number of benzene rings is 1. The van der Waals surface area contributed by atoms with Gasteiger partial charge < -0.3 is 29.6 Å². The number of nitrogens with one attached hydrogen (secondary N) is 2. The summed E-state index contributed by atoms with van der Waals surface area (Å²) in [6.07, 6.45) is 14.7. The number of hydrogen-bond donors (Lipinski definition) is 2. The predicted molar refractivity (Wildman–Crippen MR) is 186 cm³/mol. The largest absolute Gasteiger partial charge is 0.444 e. The zero-order valence-electron chi connectivity index (χ0n) is 29.3. The molecule has 2 atom stereocenters. The second-order valence-electron chi connectivity index (χ2n) is 14.2. The molecule has 9 nitrogen and oxygen atoms in total. The van der Waals surface area contributed by atoms with E-state index >= 15 is 0 Å². The van der Waals surface area contributed by atoms with Crippen LogP contribution in [0.3, 0.4) is 0 Å². The number of hydrogen-bond acceptors (Lipinski definition) is 7. The lowest BCUT2D eigenvalue weighted by Crippen LogP contribution is -2.42. The van der Waals surface area contributed by atoms with E-state index in [1.807, 2.05) is 18.2 Å². The topological polar surface area (TPSA) is 98.1 Å². The van der Waals surface area contributed by atoms with Crippen molar-refractivity contribution in [3.63, 3.8) is 0 Å². The number of nitrogens with zero attached hydrogens (tertiary/aromatic N) is 1. The highest BCUT2D eigenvalue weighted by molar-refractivity contribution is 5.68. The highest BCUT2D eigenvalue weighted by atomic mass is 16.6. The van der Waals surface area contributed by atoms with Crippen LogP contribution < -0.4 is 10.6 Å². The minimum Gasteiger partial charge on any atom is -0.444 e. The molecule has 2 aliphatic carbocycles. The van der Waals surface area contributed by atoms with E-state index in [4.69, 9.17) is 18.9 Å². The Balaban J connectivity index is 1.09. The number of aryl methyl sites for hydroxylation is 1. The van der Waals surface area contributed by atoms with Gasteiger partial charge in [-0.25, -0.2) is 9.59 Å². The zero-order chi connectivity index (χ0) is 33.1. The van der Waals surface area contributed by atoms with E-state index in [0.29, 0.717) is 31.7 Å². The van der Waals surface area contributed by atoms with Crippen LogP contribution in [-0.2, 0) is 25.4 Å². The molecule has 0 aromatic heterocycles. The van der Waals surface area contributed by atoms with E-state index in [1.54, 1.807) is 0 Å². The molecular weight excluding hydrogens is 594 g/mol. The summed E-state index contributed by atoms with van der Waals surface area (Å²) in [7, 11) is 0. The van der Waals surface area contributed by atoms with Crippen molar-refractivity contribution in [3.05, 3.63) is 35.9 Å². The number of unbranched alkanes of at least 4 members (excludes halogenated alkanes) is 2. The second-order valence-corrected chi connectivity index (χ2v) is 14.2. The highest BCUT2D eigenvalue weighted by Gasteiger charge is 2.30. The first-order chi connectivity index (χ1) is 23.0. The molecule has 0 bridgehead atoms. The van der Waals surface area contributed by atoms with Crippen LogP contribution in [0.1, 0.15) is 109 Å². The maximum absolute atomic E-state index is 12.9. The van der Waals surface area contributed by atoms with Gasteiger partial charge in [0, 0.05) is 44.9 Å². The first kappa shape index (κ1) is 37.5. The summed E-state index contributed by atoms with van der Waals surface area (Å²) in [4.78, 5) is 27.8. The van der Waals surface area contributed by atoms with Gasteiger partial charge in [-0.2, -0.15) is 0 Å². The molecular formula is C38H63N3O6. The Hall–Kier alpha value is -2.36. The minimum absolute atomic E-state index is 0.179. The van der Waals surface area contributed by atoms with Crippen LogP contribution >= 0.6 is 0 Å². The number of ether oxygens (including phenoxy) is 4. The van der Waals surface area contributed by atoms with Crippen molar-refractivity contribution in [2.24, 2.45) is 11.8 Å². The molecule has 2 saturated carbocycles. The molecule has 266 valence electrons. The van der Waals surface area contributed by atoms with Gasteiger partial charge in [0.25, 0.3) is 0 Å². The molecule has 2 N–H and O–H groups in total. The molecule has 3 aliphatic rings. The van der Waals surface area contributed by atoms with E-state index < -0.39 is 0 Å². The van der Waals surface area contributed by atoms with Crippen LogP contribution in [0.15, 0.2) is 30.3 Å². The Morgan fingerprint density at radius 2 is 1.26 bits per heavy atom. The number of carbonyl (C=O) groups excluding carboxylic acids is 2. The van der Waals surface area contributed by atoms with Gasteiger partial charge in [-0.3, -0.25) is 4.90 Å². The summed E-state index contributed by atoms with van der Waals surface area (Å²) in [6, 6.07) is 10.7. The van der Waals surface area contributed by atoms with Crippen LogP contribution in [0, 0.1) is 11.8 Å². The monoisotopic (exact) mass is 657 g/mol. The third kappa shape index (κ3) is 15.6. The highest BCUT2D eigenvalue weighted by Crippen LogP contribution is 2.35. The molecule has 47 heavy (non-hydrogen) atoms. The lowest BCUT2D eigenvalue weighted by Gasteiger charge is -2.34. The fourth-order valence-corrected chi connectivity index (χ4v) is 7.00. The van der Waals surface area contributed by atoms with Crippen molar-refractivity contribution in [1.82, 2.24) is 15.5 Å². The van der Waals surface area contributed by atoms with Gasteiger partial charge in [0.15, 0.2) is 0 Å². The van der Waals surface area contributed by atoms with Crippen molar-refractivity contribution in [2.75, 3.05) is 46.1 Å². The van der Waals surface area contributed by atoms with E-state index in [0.717, 1.165) is 116 Å². The van der Waals surface area contributed by atoms with Crippen molar-refractivity contribution in [1.29, 1.82) is 0 Å². The fourth-order valence-electron chi connectivity index (χ4n) is 7.00. The maximum Gasteiger partial charge on any atom is 0.407 e. The van der Waals surface area contributed by atoms with E-state index in [2.05, 4.69) is 41.5 Å². The summed E-state index contributed by atoms with van der Waals surface area (Å²) in [5, 5.41) is 6.31. The van der Waals surface area contributed by atoms with Crippen LogP contribution in [0.25, 0.3) is 0 Å². The quantitative estimate of drug-likeness (QED) is 0.106. The summed E-state index contributed by atoms with van der Waals surface area (Å²) in [5.41, 5.74) is 1.25. The van der Waals surface area contributed by atoms with Gasteiger partial charge in [-0.05, 0) is 101 Å². The minimum atomic E-state index is -0.310. The molecule has 9 heteroatoms. The molecule has 3 fully saturated rings. The lowest BCUT2D eigenvalue weighted by molar-refractivity contribution is 0.0116. The molecule has 4 rings (SSSR count). The van der Waals surface area contributed by atoms with Crippen molar-refractivity contribution < 1.29 is 28.5 Å². The van der Waals surface area contributed by atoms with Gasteiger partial charge in [-0.15, -0.1) is 0 Å². The number of carbonyl (C=O) groups is 2. The van der Waals surface area contributed by atoms with E-state index in [9.17, 15) is 9.59 Å². The van der Waals surface area contributed by atoms with E-state index in [1.165, 1.54) is 12.0 Å². The molecule has 0 radical (unpaired) electrons. The molecule has 1 aromatic carbocycles.